The molecule has 1 saturated heterocycles. The minimum atomic E-state index is -0.208. The number of benzene rings is 2. The molecule has 1 spiro atoms. The Kier molecular flexibility index (Phi) is 3.97. The molecule has 1 N–H and O–H groups in total. The lowest BCUT2D eigenvalue weighted by Crippen LogP contribution is -2.43. The second-order valence-corrected chi connectivity index (χ2v) is 8.26. The van der Waals surface area contributed by atoms with Crippen LogP contribution in [-0.4, -0.2) is 38.1 Å². The van der Waals surface area contributed by atoms with E-state index in [1.807, 2.05) is 29.8 Å². The lowest BCUT2D eigenvalue weighted by atomic mass is 9.84. The van der Waals surface area contributed by atoms with Crippen LogP contribution in [0.4, 0.5) is 5.95 Å². The Morgan fingerprint density at radius 3 is 2.58 bits per heavy atom. The summed E-state index contributed by atoms with van der Waals surface area (Å²) in [5.74, 6) is 1.43. The van der Waals surface area contributed by atoms with Crippen molar-refractivity contribution in [2.75, 3.05) is 18.0 Å². The first-order valence-electron chi connectivity index (χ1n) is 10.5. The molecule has 0 atom stereocenters. The monoisotopic (exact) mass is 414 g/mol. The van der Waals surface area contributed by atoms with Gasteiger partial charge in [0.05, 0.1) is 17.6 Å². The molecule has 0 bridgehead atoms. The van der Waals surface area contributed by atoms with Crippen LogP contribution in [0.5, 0.6) is 0 Å². The first kappa shape index (κ1) is 18.3. The second-order valence-electron chi connectivity index (χ2n) is 8.26. The van der Waals surface area contributed by atoms with Crippen molar-refractivity contribution in [1.29, 1.82) is 0 Å². The zero-order valence-corrected chi connectivity index (χ0v) is 17.2. The van der Waals surface area contributed by atoms with E-state index in [9.17, 15) is 4.79 Å². The van der Waals surface area contributed by atoms with E-state index in [1.165, 1.54) is 11.1 Å². The fraction of sp³-hybridized carbons (Fsp3) is 0.304. The Balaban J connectivity index is 1.31. The van der Waals surface area contributed by atoms with Crippen LogP contribution in [0, 0.1) is 0 Å². The number of nitrogens with one attached hydrogen (secondary N) is 1. The summed E-state index contributed by atoms with van der Waals surface area (Å²) in [4.78, 5) is 14.4. The van der Waals surface area contributed by atoms with Crippen molar-refractivity contribution in [3.05, 3.63) is 70.0 Å². The van der Waals surface area contributed by atoms with Gasteiger partial charge in [-0.2, -0.15) is 5.10 Å². The van der Waals surface area contributed by atoms with Gasteiger partial charge in [0.15, 0.2) is 5.82 Å². The van der Waals surface area contributed by atoms with Gasteiger partial charge in [0.25, 0.3) is 5.56 Å². The average molecular weight is 414 g/mol. The largest absolute Gasteiger partial charge is 0.365 e. The van der Waals surface area contributed by atoms with Crippen molar-refractivity contribution in [3.8, 4) is 11.5 Å². The maximum Gasteiger partial charge on any atom is 0.272 e. The number of fused-ring (bicyclic) bond motifs is 3. The number of ether oxygens (including phenoxy) is 1. The first-order valence-corrected chi connectivity index (χ1v) is 10.5. The van der Waals surface area contributed by atoms with Crippen LogP contribution in [0.15, 0.2) is 53.3 Å². The summed E-state index contributed by atoms with van der Waals surface area (Å²) in [5, 5.41) is 17.1. The minimum absolute atomic E-state index is 0.189. The Labute approximate surface area is 178 Å². The molecule has 2 aliphatic rings. The molecule has 4 aromatic rings. The van der Waals surface area contributed by atoms with Crippen molar-refractivity contribution in [2.45, 2.75) is 25.0 Å². The molecular formula is C23H22N6O2. The Bertz CT molecular complexity index is 1350. The summed E-state index contributed by atoms with van der Waals surface area (Å²) in [5.41, 5.74) is 2.86. The summed E-state index contributed by atoms with van der Waals surface area (Å²) < 4.78 is 8.24. The van der Waals surface area contributed by atoms with E-state index in [0.717, 1.165) is 37.3 Å². The van der Waals surface area contributed by atoms with Crippen molar-refractivity contribution in [1.82, 2.24) is 25.0 Å². The van der Waals surface area contributed by atoms with Gasteiger partial charge in [-0.05, 0) is 30.0 Å². The number of anilines is 1. The van der Waals surface area contributed by atoms with E-state index in [-0.39, 0.29) is 11.2 Å². The third-order valence-corrected chi connectivity index (χ3v) is 6.63. The Morgan fingerprint density at radius 1 is 1.00 bits per heavy atom. The summed E-state index contributed by atoms with van der Waals surface area (Å²) in [6.07, 6.45) is 1.82. The quantitative estimate of drug-likeness (QED) is 0.543. The van der Waals surface area contributed by atoms with Crippen molar-refractivity contribution >= 4 is 16.7 Å². The van der Waals surface area contributed by atoms with E-state index in [0.29, 0.717) is 23.5 Å². The van der Waals surface area contributed by atoms with Gasteiger partial charge >= 0.3 is 0 Å². The molecule has 0 aliphatic carbocycles. The summed E-state index contributed by atoms with van der Waals surface area (Å²) in [7, 11) is 1.94. The van der Waals surface area contributed by atoms with Crippen LogP contribution in [0.3, 0.4) is 0 Å². The highest BCUT2D eigenvalue weighted by Gasteiger charge is 2.43. The number of aromatic amines is 1. The molecule has 8 nitrogen and oxygen atoms in total. The Morgan fingerprint density at radius 2 is 1.74 bits per heavy atom. The third kappa shape index (κ3) is 2.71. The molecule has 0 radical (unpaired) electrons. The van der Waals surface area contributed by atoms with Crippen LogP contribution in [-0.2, 0) is 24.0 Å². The first-order chi connectivity index (χ1) is 15.2. The summed E-state index contributed by atoms with van der Waals surface area (Å²) >= 11 is 0. The third-order valence-electron chi connectivity index (χ3n) is 6.63. The predicted octanol–water partition coefficient (Wildman–Crippen LogP) is 2.74. The van der Waals surface area contributed by atoms with Gasteiger partial charge in [0.2, 0.25) is 5.95 Å². The van der Waals surface area contributed by atoms with Crippen molar-refractivity contribution < 1.29 is 4.74 Å². The number of aromatic nitrogens is 5. The van der Waals surface area contributed by atoms with Crippen molar-refractivity contribution in [2.24, 2.45) is 7.05 Å². The van der Waals surface area contributed by atoms with Gasteiger partial charge in [-0.3, -0.25) is 9.36 Å². The highest BCUT2D eigenvalue weighted by atomic mass is 16.5. The van der Waals surface area contributed by atoms with Crippen molar-refractivity contribution in [3.63, 3.8) is 0 Å². The highest BCUT2D eigenvalue weighted by molar-refractivity contribution is 5.92. The smallest absolute Gasteiger partial charge is 0.272 e. The molecular weight excluding hydrogens is 392 g/mol. The van der Waals surface area contributed by atoms with Crippen LogP contribution in [0.25, 0.3) is 22.3 Å². The zero-order chi connectivity index (χ0) is 21.0. The minimum Gasteiger partial charge on any atom is -0.365 e. The molecule has 4 heterocycles. The lowest BCUT2D eigenvalue weighted by Gasteiger charge is -2.39. The summed E-state index contributed by atoms with van der Waals surface area (Å²) in [6.45, 7) is 2.36. The fourth-order valence-electron chi connectivity index (χ4n) is 4.95. The van der Waals surface area contributed by atoms with E-state index in [4.69, 9.17) is 4.74 Å². The number of H-pyrrole nitrogens is 1. The van der Waals surface area contributed by atoms with E-state index in [1.54, 1.807) is 6.07 Å². The number of rotatable bonds is 2. The molecule has 2 aromatic carbocycles. The van der Waals surface area contributed by atoms with Gasteiger partial charge in [-0.15, -0.1) is 10.2 Å². The number of piperidine rings is 1. The van der Waals surface area contributed by atoms with E-state index >= 15 is 0 Å². The molecule has 156 valence electrons. The van der Waals surface area contributed by atoms with Crippen LogP contribution >= 0.6 is 0 Å². The van der Waals surface area contributed by atoms with Crippen LogP contribution < -0.4 is 10.5 Å². The van der Waals surface area contributed by atoms with Gasteiger partial charge < -0.3 is 9.64 Å². The standard InChI is InChI=1S/C23H22N6O2/c1-28-20(19-16-7-3-4-8-17(16)21(30)26-24-19)25-27-22(28)29-12-10-23(11-13-29)18-9-5-2-6-15(18)14-31-23/h2-9H,10-14H2,1H3,(H,26,30). The average Bonchev–Trinajstić information content (AvgIpc) is 3.36. The lowest BCUT2D eigenvalue weighted by molar-refractivity contribution is -0.0553. The molecule has 0 saturated carbocycles. The molecule has 2 aromatic heterocycles. The topological polar surface area (TPSA) is 88.9 Å². The molecule has 0 unspecified atom stereocenters. The number of nitrogens with zero attached hydrogens (tertiary/aromatic N) is 5. The molecule has 31 heavy (non-hydrogen) atoms. The molecule has 0 amide bonds. The molecule has 1 fully saturated rings. The normalized spacial score (nSPS) is 17.4. The second kappa shape index (κ2) is 6.75. The molecule has 6 rings (SSSR count). The van der Waals surface area contributed by atoms with E-state index < -0.39 is 0 Å². The van der Waals surface area contributed by atoms with E-state index in [2.05, 4.69) is 49.6 Å². The number of hydrogen-bond acceptors (Lipinski definition) is 6. The van der Waals surface area contributed by atoms with Crippen LogP contribution in [0.1, 0.15) is 24.0 Å². The maximum absolute atomic E-state index is 12.1. The SMILES string of the molecule is Cn1c(-c2n[nH]c(=O)c3ccccc23)nnc1N1CCC2(CC1)OCc1ccccc12. The molecule has 8 heteroatoms. The fourth-order valence-corrected chi connectivity index (χ4v) is 4.95. The summed E-state index contributed by atoms with van der Waals surface area (Å²) in [6, 6.07) is 16.0. The zero-order valence-electron chi connectivity index (χ0n) is 17.2. The maximum atomic E-state index is 12.1. The van der Waals surface area contributed by atoms with Gasteiger partial charge in [0.1, 0.15) is 5.69 Å². The Hall–Kier alpha value is -3.52. The van der Waals surface area contributed by atoms with Gasteiger partial charge in [-0.25, -0.2) is 5.10 Å². The van der Waals surface area contributed by atoms with Gasteiger partial charge in [0, 0.05) is 25.5 Å². The molecule has 2 aliphatic heterocycles. The number of hydrogen-bond donors (Lipinski definition) is 1. The highest BCUT2D eigenvalue weighted by Crippen LogP contribution is 2.44. The predicted molar refractivity (Wildman–Crippen MR) is 117 cm³/mol. The van der Waals surface area contributed by atoms with Gasteiger partial charge in [-0.1, -0.05) is 42.5 Å². The van der Waals surface area contributed by atoms with Crippen LogP contribution in [0.2, 0.25) is 0 Å².